The molecule has 1 fully saturated rings. The van der Waals surface area contributed by atoms with E-state index in [-0.39, 0.29) is 22.7 Å². The maximum Gasteiger partial charge on any atom is 0.573 e. The van der Waals surface area contributed by atoms with Crippen molar-refractivity contribution in [1.29, 1.82) is 0 Å². The van der Waals surface area contributed by atoms with E-state index < -0.39 is 29.4 Å². The molecular formula is C18H13F4NO3. The largest absolute Gasteiger partial charge is 0.573 e. The van der Waals surface area contributed by atoms with Crippen molar-refractivity contribution in [1.82, 2.24) is 0 Å². The molecular weight excluding hydrogens is 354 g/mol. The van der Waals surface area contributed by atoms with Gasteiger partial charge < -0.3 is 15.2 Å². The molecule has 1 saturated carbocycles. The summed E-state index contributed by atoms with van der Waals surface area (Å²) in [5, 5.41) is 13.3. The number of hydrogen-bond donors (Lipinski definition) is 2. The van der Waals surface area contributed by atoms with Crippen LogP contribution in [-0.4, -0.2) is 17.4 Å². The number of alkyl halides is 3. The molecule has 0 spiro atoms. The lowest BCUT2D eigenvalue weighted by Gasteiger charge is -2.22. The smallest absolute Gasteiger partial charge is 0.406 e. The summed E-state index contributed by atoms with van der Waals surface area (Å²) in [4.78, 5) is 12.4. The molecule has 1 amide bonds. The number of hydrogen-bond acceptors (Lipinski definition) is 3. The molecule has 4 nitrogen and oxygen atoms in total. The first-order chi connectivity index (χ1) is 12.2. The second kappa shape index (κ2) is 5.44. The molecule has 2 N–H and O–H groups in total. The molecule has 1 heterocycles. The van der Waals surface area contributed by atoms with Crippen molar-refractivity contribution in [2.24, 2.45) is 0 Å². The van der Waals surface area contributed by atoms with Crippen LogP contribution in [0.5, 0.6) is 5.75 Å². The Kier molecular flexibility index (Phi) is 3.52. The van der Waals surface area contributed by atoms with E-state index in [1.165, 1.54) is 12.1 Å². The van der Waals surface area contributed by atoms with Crippen molar-refractivity contribution in [2.75, 3.05) is 5.32 Å². The second-order valence-electron chi connectivity index (χ2n) is 6.40. The lowest BCUT2D eigenvalue weighted by atomic mass is 9.86. The Labute approximate surface area is 145 Å². The number of aliphatic hydroxyl groups is 1. The van der Waals surface area contributed by atoms with Gasteiger partial charge in [0.15, 0.2) is 11.4 Å². The minimum Gasteiger partial charge on any atom is -0.406 e. The van der Waals surface area contributed by atoms with Gasteiger partial charge in [-0.25, -0.2) is 4.39 Å². The number of carbonyl (C=O) groups excluding carboxylic acids is 1. The van der Waals surface area contributed by atoms with E-state index in [0.29, 0.717) is 5.56 Å². The van der Waals surface area contributed by atoms with Crippen LogP contribution in [0.4, 0.5) is 23.2 Å². The first-order valence-electron chi connectivity index (χ1n) is 7.93. The van der Waals surface area contributed by atoms with Crippen molar-refractivity contribution in [3.8, 4) is 5.75 Å². The SMILES string of the molecule is O=C1Nc2c(ccc(C3CC3)c2F)C1(O)c1ccc(OC(F)(F)F)cc1. The Morgan fingerprint density at radius 1 is 1.12 bits per heavy atom. The van der Waals surface area contributed by atoms with Gasteiger partial charge in [-0.05, 0) is 42.0 Å². The predicted molar refractivity (Wildman–Crippen MR) is 83.1 cm³/mol. The van der Waals surface area contributed by atoms with E-state index in [9.17, 15) is 27.5 Å². The quantitative estimate of drug-likeness (QED) is 0.812. The molecule has 136 valence electrons. The number of amides is 1. The van der Waals surface area contributed by atoms with E-state index in [1.54, 1.807) is 0 Å². The van der Waals surface area contributed by atoms with Gasteiger partial charge in [-0.15, -0.1) is 13.2 Å². The molecule has 1 atom stereocenters. The highest BCUT2D eigenvalue weighted by molar-refractivity contribution is 6.07. The van der Waals surface area contributed by atoms with E-state index in [1.807, 2.05) is 0 Å². The summed E-state index contributed by atoms with van der Waals surface area (Å²) >= 11 is 0. The van der Waals surface area contributed by atoms with Gasteiger partial charge in [0.1, 0.15) is 5.75 Å². The van der Waals surface area contributed by atoms with Gasteiger partial charge in [0.05, 0.1) is 5.69 Å². The zero-order valence-electron chi connectivity index (χ0n) is 13.2. The minimum absolute atomic E-state index is 0.0156. The van der Waals surface area contributed by atoms with E-state index in [0.717, 1.165) is 37.1 Å². The Morgan fingerprint density at radius 2 is 1.77 bits per heavy atom. The number of rotatable bonds is 3. The van der Waals surface area contributed by atoms with Crippen LogP contribution in [0.1, 0.15) is 35.4 Å². The van der Waals surface area contributed by atoms with Crippen molar-refractivity contribution in [3.05, 3.63) is 58.9 Å². The fourth-order valence-electron chi connectivity index (χ4n) is 3.24. The van der Waals surface area contributed by atoms with Gasteiger partial charge in [-0.2, -0.15) is 0 Å². The Bertz CT molecular complexity index is 891. The summed E-state index contributed by atoms with van der Waals surface area (Å²) in [6.07, 6.45) is -3.11. The number of anilines is 1. The van der Waals surface area contributed by atoms with Crippen LogP contribution in [0.15, 0.2) is 36.4 Å². The van der Waals surface area contributed by atoms with Crippen LogP contribution in [0.2, 0.25) is 0 Å². The normalized spacial score (nSPS) is 22.1. The van der Waals surface area contributed by atoms with Crippen molar-refractivity contribution in [2.45, 2.75) is 30.7 Å². The Hall–Kier alpha value is -2.61. The predicted octanol–water partition coefficient (Wildman–Crippen LogP) is 3.79. The third-order valence-corrected chi connectivity index (χ3v) is 4.65. The third kappa shape index (κ3) is 2.61. The minimum atomic E-state index is -4.85. The molecule has 0 bridgehead atoms. The highest BCUT2D eigenvalue weighted by Crippen LogP contribution is 2.48. The van der Waals surface area contributed by atoms with Crippen LogP contribution in [0.25, 0.3) is 0 Å². The number of carbonyl (C=O) groups is 1. The molecule has 0 saturated heterocycles. The topological polar surface area (TPSA) is 58.6 Å². The van der Waals surface area contributed by atoms with Crippen LogP contribution in [0.3, 0.4) is 0 Å². The van der Waals surface area contributed by atoms with Crippen molar-refractivity contribution >= 4 is 11.6 Å². The van der Waals surface area contributed by atoms with Crippen LogP contribution in [0, 0.1) is 5.82 Å². The van der Waals surface area contributed by atoms with Gasteiger partial charge in [-0.3, -0.25) is 4.79 Å². The highest BCUT2D eigenvalue weighted by atomic mass is 19.4. The molecule has 1 aliphatic heterocycles. The van der Waals surface area contributed by atoms with E-state index in [4.69, 9.17) is 0 Å². The van der Waals surface area contributed by atoms with Gasteiger partial charge >= 0.3 is 6.36 Å². The van der Waals surface area contributed by atoms with Crippen LogP contribution in [-0.2, 0) is 10.4 Å². The average molecular weight is 367 g/mol. The number of fused-ring (bicyclic) bond motifs is 1. The van der Waals surface area contributed by atoms with Gasteiger partial charge in [0, 0.05) is 5.56 Å². The standard InChI is InChI=1S/C18H13F4NO3/c19-14-12(9-1-2-9)7-8-13-15(14)23-16(24)17(13,25)10-3-5-11(6-4-10)26-18(20,21)22/h3-9,25H,1-2H2,(H,23,24). The molecule has 2 aromatic carbocycles. The molecule has 0 aromatic heterocycles. The molecule has 4 rings (SSSR count). The van der Waals surface area contributed by atoms with Crippen LogP contribution < -0.4 is 10.1 Å². The lowest BCUT2D eigenvalue weighted by Crippen LogP contribution is -2.35. The van der Waals surface area contributed by atoms with Crippen molar-refractivity contribution < 1.29 is 32.2 Å². The zero-order chi connectivity index (χ0) is 18.7. The van der Waals surface area contributed by atoms with E-state index >= 15 is 0 Å². The van der Waals surface area contributed by atoms with Gasteiger partial charge in [0.2, 0.25) is 0 Å². The molecule has 2 aliphatic rings. The molecule has 26 heavy (non-hydrogen) atoms. The molecule has 8 heteroatoms. The maximum absolute atomic E-state index is 14.7. The molecule has 0 radical (unpaired) electrons. The van der Waals surface area contributed by atoms with Gasteiger partial charge in [-0.1, -0.05) is 24.3 Å². The van der Waals surface area contributed by atoms with Gasteiger partial charge in [0.25, 0.3) is 5.91 Å². The summed E-state index contributed by atoms with van der Waals surface area (Å²) in [5.41, 5.74) is -1.73. The Morgan fingerprint density at radius 3 is 2.35 bits per heavy atom. The summed E-state index contributed by atoms with van der Waals surface area (Å²) < 4.78 is 55.2. The fourth-order valence-corrected chi connectivity index (χ4v) is 3.24. The number of halogens is 4. The average Bonchev–Trinajstić information content (AvgIpc) is 3.36. The second-order valence-corrected chi connectivity index (χ2v) is 6.40. The number of nitrogens with one attached hydrogen (secondary N) is 1. The third-order valence-electron chi connectivity index (χ3n) is 4.65. The molecule has 2 aromatic rings. The summed E-state index contributed by atoms with van der Waals surface area (Å²) in [6, 6.07) is 7.27. The zero-order valence-corrected chi connectivity index (χ0v) is 13.2. The monoisotopic (exact) mass is 367 g/mol. The maximum atomic E-state index is 14.7. The number of benzene rings is 2. The fraction of sp³-hybridized carbons (Fsp3) is 0.278. The molecule has 1 aliphatic carbocycles. The summed E-state index contributed by atoms with van der Waals surface area (Å²) in [7, 11) is 0. The highest BCUT2D eigenvalue weighted by Gasteiger charge is 2.49. The summed E-state index contributed by atoms with van der Waals surface area (Å²) in [6.45, 7) is 0. The lowest BCUT2D eigenvalue weighted by molar-refractivity contribution is -0.274. The first-order valence-corrected chi connectivity index (χ1v) is 7.93. The summed E-state index contributed by atoms with van der Waals surface area (Å²) in [5.74, 6) is -1.81. The first kappa shape index (κ1) is 16.8. The number of ether oxygens (including phenoxy) is 1. The Balaban J connectivity index is 1.73. The van der Waals surface area contributed by atoms with E-state index in [2.05, 4.69) is 10.1 Å². The molecule has 1 unspecified atom stereocenters. The van der Waals surface area contributed by atoms with Crippen LogP contribution >= 0.6 is 0 Å². The van der Waals surface area contributed by atoms with Crippen molar-refractivity contribution in [3.63, 3.8) is 0 Å².